The number of aromatic nitrogens is 1. The number of amides is 2. The molecule has 202 valence electrons. The Balaban J connectivity index is 1.42. The number of pyridine rings is 1. The monoisotopic (exact) mass is 519 g/mol. The number of hydrogen-bond acceptors (Lipinski definition) is 7. The van der Waals surface area contributed by atoms with Crippen LogP contribution in [0.2, 0.25) is 0 Å². The Kier molecular flexibility index (Phi) is 9.46. The quantitative estimate of drug-likeness (QED) is 0.342. The minimum absolute atomic E-state index is 0.0195. The third-order valence-electron chi connectivity index (χ3n) is 6.83. The van der Waals surface area contributed by atoms with Gasteiger partial charge in [0.2, 0.25) is 0 Å². The molecule has 1 saturated carbocycles. The predicted molar refractivity (Wildman–Crippen MR) is 148 cm³/mol. The molecule has 1 aromatic carbocycles. The largest absolute Gasteiger partial charge is 0.496 e. The van der Waals surface area contributed by atoms with Crippen LogP contribution in [-0.2, 0) is 17.7 Å². The third kappa shape index (κ3) is 7.40. The summed E-state index contributed by atoms with van der Waals surface area (Å²) in [7, 11) is 1.55. The molecular weight excluding hydrogens is 482 g/mol. The van der Waals surface area contributed by atoms with E-state index in [-0.39, 0.29) is 18.1 Å². The maximum absolute atomic E-state index is 13.2. The van der Waals surface area contributed by atoms with Crippen molar-refractivity contribution in [3.8, 4) is 5.75 Å². The highest BCUT2D eigenvalue weighted by molar-refractivity contribution is 6.06. The zero-order valence-corrected chi connectivity index (χ0v) is 22.5. The van der Waals surface area contributed by atoms with Crippen molar-refractivity contribution in [3.63, 3.8) is 0 Å². The van der Waals surface area contributed by atoms with Crippen LogP contribution >= 0.6 is 0 Å². The summed E-state index contributed by atoms with van der Waals surface area (Å²) >= 11 is 0. The van der Waals surface area contributed by atoms with Crippen molar-refractivity contribution in [3.05, 3.63) is 52.7 Å². The summed E-state index contributed by atoms with van der Waals surface area (Å²) in [5.41, 5.74) is 2.94. The highest BCUT2D eigenvalue weighted by atomic mass is 16.6. The topological polar surface area (TPSA) is 105 Å². The van der Waals surface area contributed by atoms with Crippen molar-refractivity contribution in [2.45, 2.75) is 71.4 Å². The number of ether oxygens (including phenoxy) is 2. The van der Waals surface area contributed by atoms with Crippen LogP contribution in [0.3, 0.4) is 0 Å². The lowest BCUT2D eigenvalue weighted by Crippen LogP contribution is -2.38. The fraction of sp³-hybridized carbons (Fsp3) is 0.483. The van der Waals surface area contributed by atoms with E-state index in [1.165, 1.54) is 0 Å². The van der Waals surface area contributed by atoms with E-state index in [1.54, 1.807) is 48.7 Å². The Morgan fingerprint density at radius 3 is 2.76 bits per heavy atom. The fourth-order valence-corrected chi connectivity index (χ4v) is 4.69. The standard InChI is InChI=1S/C29H37N5O4/c1-20(2)8-7-14-30-31-18-23-9-6-12-27(32-23)33-28(35)25-16-22-19-34(15-13-21(22)17-26(25)37-3)29(36)38-24-10-4-5-11-24/h6,9,12,14,16-18,20,24H,4-5,7-8,10-11,13,15,19H2,1-3H3,(H,32,33,35). The van der Waals surface area contributed by atoms with E-state index in [0.717, 1.165) is 49.7 Å². The van der Waals surface area contributed by atoms with Gasteiger partial charge in [-0.25, -0.2) is 9.78 Å². The number of anilines is 1. The molecule has 0 atom stereocenters. The zero-order valence-electron chi connectivity index (χ0n) is 22.5. The molecule has 9 heteroatoms. The number of benzene rings is 1. The Bertz CT molecular complexity index is 1190. The molecule has 0 bridgehead atoms. The first-order chi connectivity index (χ1) is 18.4. The van der Waals surface area contributed by atoms with Gasteiger partial charge in [0.1, 0.15) is 17.7 Å². The van der Waals surface area contributed by atoms with Gasteiger partial charge in [0, 0.05) is 19.3 Å². The van der Waals surface area contributed by atoms with Crippen LogP contribution in [0, 0.1) is 5.92 Å². The second-order valence-electron chi connectivity index (χ2n) is 10.2. The van der Waals surface area contributed by atoms with Gasteiger partial charge in [0.05, 0.1) is 24.6 Å². The maximum Gasteiger partial charge on any atom is 0.410 e. The highest BCUT2D eigenvalue weighted by Crippen LogP contribution is 2.30. The van der Waals surface area contributed by atoms with Crippen LogP contribution in [0.4, 0.5) is 10.6 Å². The smallest absolute Gasteiger partial charge is 0.410 e. The molecule has 9 nitrogen and oxygen atoms in total. The van der Waals surface area contributed by atoms with Gasteiger partial charge < -0.3 is 19.7 Å². The van der Waals surface area contributed by atoms with Gasteiger partial charge in [-0.05, 0) is 86.3 Å². The Morgan fingerprint density at radius 1 is 1.18 bits per heavy atom. The number of nitrogens with one attached hydrogen (secondary N) is 1. The summed E-state index contributed by atoms with van der Waals surface area (Å²) < 4.78 is 11.2. The Labute approximate surface area is 224 Å². The van der Waals surface area contributed by atoms with Crippen molar-refractivity contribution >= 4 is 30.2 Å². The first kappa shape index (κ1) is 27.3. The summed E-state index contributed by atoms with van der Waals surface area (Å²) in [6, 6.07) is 8.99. The Hall–Kier alpha value is -3.75. The molecule has 2 aliphatic rings. The van der Waals surface area contributed by atoms with Crippen molar-refractivity contribution < 1.29 is 19.1 Å². The minimum Gasteiger partial charge on any atom is -0.496 e. The predicted octanol–water partition coefficient (Wildman–Crippen LogP) is 5.62. The highest BCUT2D eigenvalue weighted by Gasteiger charge is 2.27. The van der Waals surface area contributed by atoms with Gasteiger partial charge in [0.15, 0.2) is 0 Å². The van der Waals surface area contributed by atoms with Gasteiger partial charge in [-0.3, -0.25) is 4.79 Å². The number of carbonyl (C=O) groups excluding carboxylic acids is 2. The number of methoxy groups -OCH3 is 1. The SMILES string of the molecule is COc1cc2c(cc1C(=O)Nc1cccc(C=NN=CCCC(C)C)n1)CN(C(=O)OC1CCCC1)CC2. The minimum atomic E-state index is -0.344. The van der Waals surface area contributed by atoms with Crippen molar-refractivity contribution in [2.24, 2.45) is 16.1 Å². The average Bonchev–Trinajstić information content (AvgIpc) is 3.42. The van der Waals surface area contributed by atoms with Gasteiger partial charge in [-0.15, -0.1) is 0 Å². The van der Waals surface area contributed by atoms with E-state index < -0.39 is 0 Å². The van der Waals surface area contributed by atoms with E-state index in [2.05, 4.69) is 34.4 Å². The average molecular weight is 520 g/mol. The number of fused-ring (bicyclic) bond motifs is 1. The maximum atomic E-state index is 13.2. The second kappa shape index (κ2) is 13.2. The fourth-order valence-electron chi connectivity index (χ4n) is 4.69. The molecule has 1 aliphatic carbocycles. The molecule has 2 heterocycles. The van der Waals surface area contributed by atoms with Crippen molar-refractivity contribution in [1.82, 2.24) is 9.88 Å². The number of nitrogens with zero attached hydrogens (tertiary/aromatic N) is 4. The molecule has 0 spiro atoms. The van der Waals surface area contributed by atoms with Crippen molar-refractivity contribution in [2.75, 3.05) is 19.0 Å². The molecule has 0 saturated heterocycles. The second-order valence-corrected chi connectivity index (χ2v) is 10.2. The molecular formula is C29H37N5O4. The van der Waals surface area contributed by atoms with Crippen LogP contribution in [-0.4, -0.2) is 54.1 Å². The normalized spacial score (nSPS) is 15.8. The van der Waals surface area contributed by atoms with E-state index >= 15 is 0 Å². The molecule has 1 aliphatic heterocycles. The summed E-state index contributed by atoms with van der Waals surface area (Å²) in [5.74, 6) is 1.16. The van der Waals surface area contributed by atoms with Crippen LogP contribution in [0.5, 0.6) is 5.75 Å². The molecule has 1 fully saturated rings. The van der Waals surface area contributed by atoms with Gasteiger partial charge in [0.25, 0.3) is 5.91 Å². The molecule has 0 unspecified atom stereocenters. The number of hydrogen-bond donors (Lipinski definition) is 1. The molecule has 38 heavy (non-hydrogen) atoms. The van der Waals surface area contributed by atoms with E-state index in [9.17, 15) is 9.59 Å². The molecule has 4 rings (SSSR count). The summed E-state index contributed by atoms with van der Waals surface area (Å²) in [6.45, 7) is 5.31. The summed E-state index contributed by atoms with van der Waals surface area (Å²) in [5, 5.41) is 11.0. The van der Waals surface area contributed by atoms with Gasteiger partial charge in [-0.1, -0.05) is 19.9 Å². The van der Waals surface area contributed by atoms with E-state index in [1.807, 2.05) is 6.07 Å². The molecule has 1 aromatic heterocycles. The number of carbonyl (C=O) groups is 2. The van der Waals surface area contributed by atoms with Gasteiger partial charge >= 0.3 is 6.09 Å². The summed E-state index contributed by atoms with van der Waals surface area (Å²) in [4.78, 5) is 32.1. The zero-order chi connectivity index (χ0) is 26.9. The Morgan fingerprint density at radius 2 is 2.00 bits per heavy atom. The van der Waals surface area contributed by atoms with Gasteiger partial charge in [-0.2, -0.15) is 10.2 Å². The molecule has 2 amide bonds. The van der Waals surface area contributed by atoms with Crippen LogP contribution < -0.4 is 10.1 Å². The lowest BCUT2D eigenvalue weighted by molar-refractivity contribution is 0.0618. The molecule has 0 radical (unpaired) electrons. The first-order valence-corrected chi connectivity index (χ1v) is 13.4. The van der Waals surface area contributed by atoms with E-state index in [4.69, 9.17) is 9.47 Å². The van der Waals surface area contributed by atoms with Crippen LogP contribution in [0.1, 0.15) is 79.6 Å². The van der Waals surface area contributed by atoms with Crippen LogP contribution in [0.15, 0.2) is 40.5 Å². The molecule has 2 aromatic rings. The lowest BCUT2D eigenvalue weighted by Gasteiger charge is -2.30. The number of rotatable bonds is 9. The van der Waals surface area contributed by atoms with Crippen molar-refractivity contribution in [1.29, 1.82) is 0 Å². The summed E-state index contributed by atoms with van der Waals surface area (Å²) in [6.07, 6.45) is 9.79. The molecule has 1 N–H and O–H groups in total. The van der Waals surface area contributed by atoms with E-state index in [0.29, 0.717) is 48.3 Å². The van der Waals surface area contributed by atoms with Crippen LogP contribution in [0.25, 0.3) is 0 Å². The lowest BCUT2D eigenvalue weighted by atomic mass is 9.96. The first-order valence-electron chi connectivity index (χ1n) is 13.4. The third-order valence-corrected chi connectivity index (χ3v) is 6.83.